The maximum Gasteiger partial charge on any atom is 0.132 e. The molecule has 2 aliphatic heterocycles. The molecule has 0 aromatic heterocycles. The minimum atomic E-state index is 0.542. The molecule has 0 spiro atoms. The third-order valence-corrected chi connectivity index (χ3v) is 2.62. The molecule has 0 aromatic carbocycles. The standard InChI is InChI=1S/C6H10N2S/c1-5-4-8-2-3-9-6(8)7-5/h2-3,5-7H,4H2,1H3. The van der Waals surface area contributed by atoms with Crippen LogP contribution in [0.4, 0.5) is 0 Å². The predicted octanol–water partition coefficient (Wildman–Crippen LogP) is 0.782. The second kappa shape index (κ2) is 1.92. The molecule has 50 valence electrons. The summed E-state index contributed by atoms with van der Waals surface area (Å²) in [6.45, 7) is 3.38. The topological polar surface area (TPSA) is 15.3 Å². The van der Waals surface area contributed by atoms with Crippen molar-refractivity contribution < 1.29 is 0 Å². The van der Waals surface area contributed by atoms with Crippen LogP contribution in [0.3, 0.4) is 0 Å². The van der Waals surface area contributed by atoms with Gasteiger partial charge in [0, 0.05) is 18.8 Å². The Labute approximate surface area is 59.3 Å². The molecule has 0 saturated carbocycles. The molecular formula is C6H10N2S. The van der Waals surface area contributed by atoms with Gasteiger partial charge in [0.2, 0.25) is 0 Å². The summed E-state index contributed by atoms with van der Waals surface area (Å²) in [4.78, 5) is 2.33. The average molecular weight is 142 g/mol. The van der Waals surface area contributed by atoms with Gasteiger partial charge in [0.25, 0.3) is 0 Å². The van der Waals surface area contributed by atoms with Crippen molar-refractivity contribution in [1.82, 2.24) is 10.2 Å². The number of rotatable bonds is 0. The number of hydrogen-bond acceptors (Lipinski definition) is 3. The molecule has 0 amide bonds. The zero-order valence-corrected chi connectivity index (χ0v) is 6.19. The highest BCUT2D eigenvalue weighted by molar-refractivity contribution is 8.02. The number of thioether (sulfide) groups is 1. The molecule has 1 saturated heterocycles. The number of fused-ring (bicyclic) bond motifs is 1. The quantitative estimate of drug-likeness (QED) is 0.538. The minimum absolute atomic E-state index is 0.542. The monoisotopic (exact) mass is 142 g/mol. The summed E-state index contributed by atoms with van der Waals surface area (Å²) in [6.07, 6.45) is 2.16. The highest BCUT2D eigenvalue weighted by Crippen LogP contribution is 2.26. The molecule has 0 aromatic rings. The van der Waals surface area contributed by atoms with Crippen molar-refractivity contribution in [3.8, 4) is 0 Å². The van der Waals surface area contributed by atoms with Gasteiger partial charge in [0.05, 0.1) is 0 Å². The van der Waals surface area contributed by atoms with Gasteiger partial charge in [0.15, 0.2) is 0 Å². The fourth-order valence-corrected chi connectivity index (χ4v) is 2.25. The van der Waals surface area contributed by atoms with Gasteiger partial charge >= 0.3 is 0 Å². The summed E-state index contributed by atoms with van der Waals surface area (Å²) in [5.41, 5.74) is 0.542. The van der Waals surface area contributed by atoms with E-state index in [-0.39, 0.29) is 0 Å². The zero-order valence-electron chi connectivity index (χ0n) is 5.37. The third kappa shape index (κ3) is 0.843. The second-order valence-electron chi connectivity index (χ2n) is 2.54. The van der Waals surface area contributed by atoms with E-state index in [2.05, 4.69) is 28.7 Å². The van der Waals surface area contributed by atoms with Crippen molar-refractivity contribution in [3.63, 3.8) is 0 Å². The normalized spacial score (nSPS) is 39.9. The van der Waals surface area contributed by atoms with Crippen LogP contribution < -0.4 is 5.32 Å². The van der Waals surface area contributed by atoms with E-state index in [9.17, 15) is 0 Å². The number of nitrogens with one attached hydrogen (secondary N) is 1. The summed E-state index contributed by atoms with van der Waals surface area (Å²) in [5.74, 6) is 0. The van der Waals surface area contributed by atoms with Crippen LogP contribution in [0.25, 0.3) is 0 Å². The molecule has 3 heteroatoms. The average Bonchev–Trinajstić information content (AvgIpc) is 2.22. The van der Waals surface area contributed by atoms with E-state index >= 15 is 0 Å². The predicted molar refractivity (Wildman–Crippen MR) is 39.8 cm³/mol. The molecule has 0 aliphatic carbocycles. The number of hydrogen-bond donors (Lipinski definition) is 1. The molecule has 2 rings (SSSR count). The van der Waals surface area contributed by atoms with Crippen LogP contribution in [0.2, 0.25) is 0 Å². The van der Waals surface area contributed by atoms with Gasteiger partial charge in [-0.15, -0.1) is 0 Å². The minimum Gasteiger partial charge on any atom is -0.351 e. The van der Waals surface area contributed by atoms with Gasteiger partial charge in [-0.05, 0) is 12.3 Å². The van der Waals surface area contributed by atoms with E-state index in [1.807, 2.05) is 11.8 Å². The van der Waals surface area contributed by atoms with Gasteiger partial charge < -0.3 is 4.90 Å². The Morgan fingerprint density at radius 3 is 3.44 bits per heavy atom. The Bertz CT molecular complexity index is 146. The molecule has 1 N–H and O–H groups in total. The lowest BCUT2D eigenvalue weighted by Gasteiger charge is -2.12. The molecule has 2 heterocycles. The van der Waals surface area contributed by atoms with E-state index in [4.69, 9.17) is 0 Å². The van der Waals surface area contributed by atoms with E-state index < -0.39 is 0 Å². The fourth-order valence-electron chi connectivity index (χ4n) is 1.25. The van der Waals surface area contributed by atoms with Crippen LogP contribution >= 0.6 is 11.8 Å². The first-order valence-electron chi connectivity index (χ1n) is 3.20. The molecule has 2 aliphatic rings. The Balaban J connectivity index is 2.08. The summed E-state index contributed by atoms with van der Waals surface area (Å²) >= 11 is 1.85. The van der Waals surface area contributed by atoms with E-state index in [1.54, 1.807) is 0 Å². The Morgan fingerprint density at radius 1 is 1.78 bits per heavy atom. The smallest absolute Gasteiger partial charge is 0.132 e. The molecule has 0 radical (unpaired) electrons. The first-order valence-corrected chi connectivity index (χ1v) is 4.14. The lowest BCUT2D eigenvalue weighted by Crippen LogP contribution is -2.27. The maximum absolute atomic E-state index is 3.44. The van der Waals surface area contributed by atoms with Crippen LogP contribution in [-0.2, 0) is 0 Å². The van der Waals surface area contributed by atoms with Gasteiger partial charge in [-0.3, -0.25) is 5.32 Å². The van der Waals surface area contributed by atoms with Crippen molar-refractivity contribution in [2.24, 2.45) is 0 Å². The molecule has 2 unspecified atom stereocenters. The summed E-state index contributed by atoms with van der Waals surface area (Å²) < 4.78 is 0. The van der Waals surface area contributed by atoms with Crippen molar-refractivity contribution in [2.45, 2.75) is 18.5 Å². The van der Waals surface area contributed by atoms with Crippen LogP contribution in [0.15, 0.2) is 11.6 Å². The van der Waals surface area contributed by atoms with Gasteiger partial charge in [-0.1, -0.05) is 11.8 Å². The summed E-state index contributed by atoms with van der Waals surface area (Å²) in [5, 5.41) is 5.58. The van der Waals surface area contributed by atoms with Crippen molar-refractivity contribution in [2.75, 3.05) is 6.54 Å². The van der Waals surface area contributed by atoms with Crippen LogP contribution in [0.5, 0.6) is 0 Å². The molecule has 2 atom stereocenters. The number of nitrogens with zero attached hydrogens (tertiary/aromatic N) is 1. The SMILES string of the molecule is CC1CN2C=CSC2N1. The van der Waals surface area contributed by atoms with Gasteiger partial charge in [-0.25, -0.2) is 0 Å². The van der Waals surface area contributed by atoms with Crippen molar-refractivity contribution in [3.05, 3.63) is 11.6 Å². The van der Waals surface area contributed by atoms with Crippen molar-refractivity contribution in [1.29, 1.82) is 0 Å². The Hall–Kier alpha value is -0.150. The molecule has 0 bridgehead atoms. The van der Waals surface area contributed by atoms with Crippen LogP contribution in [0.1, 0.15) is 6.92 Å². The lowest BCUT2D eigenvalue weighted by molar-refractivity contribution is 0.436. The highest BCUT2D eigenvalue weighted by Gasteiger charge is 2.28. The maximum atomic E-state index is 3.44. The molecule has 1 fully saturated rings. The highest BCUT2D eigenvalue weighted by atomic mass is 32.2. The van der Waals surface area contributed by atoms with Crippen LogP contribution in [-0.4, -0.2) is 23.0 Å². The molecule has 9 heavy (non-hydrogen) atoms. The Morgan fingerprint density at radius 2 is 2.67 bits per heavy atom. The van der Waals surface area contributed by atoms with E-state index in [1.165, 1.54) is 0 Å². The first kappa shape index (κ1) is 5.62. The summed E-state index contributed by atoms with van der Waals surface area (Å²) in [6, 6.07) is 0.660. The molecule has 2 nitrogen and oxygen atoms in total. The zero-order chi connectivity index (χ0) is 6.27. The largest absolute Gasteiger partial charge is 0.351 e. The summed E-state index contributed by atoms with van der Waals surface area (Å²) in [7, 11) is 0. The molecular weight excluding hydrogens is 132 g/mol. The van der Waals surface area contributed by atoms with Gasteiger partial charge in [-0.2, -0.15) is 0 Å². The van der Waals surface area contributed by atoms with Crippen molar-refractivity contribution >= 4 is 11.8 Å². The first-order chi connectivity index (χ1) is 4.36. The van der Waals surface area contributed by atoms with E-state index in [0.29, 0.717) is 11.5 Å². The third-order valence-electron chi connectivity index (χ3n) is 1.67. The van der Waals surface area contributed by atoms with E-state index in [0.717, 1.165) is 6.54 Å². The second-order valence-corrected chi connectivity index (χ2v) is 3.53. The fraction of sp³-hybridized carbons (Fsp3) is 0.667. The van der Waals surface area contributed by atoms with Gasteiger partial charge in [0.1, 0.15) is 5.50 Å². The Kier molecular flexibility index (Phi) is 1.20. The lowest BCUT2D eigenvalue weighted by atomic mass is 10.4. The van der Waals surface area contributed by atoms with Crippen LogP contribution in [0, 0.1) is 0 Å².